The summed E-state index contributed by atoms with van der Waals surface area (Å²) in [6.07, 6.45) is 0. The second kappa shape index (κ2) is 8.46. The van der Waals surface area contributed by atoms with Crippen molar-refractivity contribution in [1.29, 1.82) is 0 Å². The molecule has 2 aromatic heterocycles. The van der Waals surface area contributed by atoms with E-state index in [1.54, 1.807) is 12.1 Å². The number of nitrogen functional groups attached to an aromatic ring is 1. The average molecular weight is 589 g/mol. The summed E-state index contributed by atoms with van der Waals surface area (Å²) in [5.74, 6) is 1.36. The summed E-state index contributed by atoms with van der Waals surface area (Å²) in [5.41, 5.74) is 16.3. The third kappa shape index (κ3) is 4.72. The molecular formula is C18H16AcN7S-. The molecule has 0 unspecified atom stereocenters. The molecule has 0 aliphatic rings. The zero-order valence-electron chi connectivity index (χ0n) is 14.5. The van der Waals surface area contributed by atoms with Gasteiger partial charge in [-0.2, -0.15) is 5.10 Å². The van der Waals surface area contributed by atoms with E-state index >= 15 is 0 Å². The number of aryl methyl sites for hydroxylation is 1. The van der Waals surface area contributed by atoms with Gasteiger partial charge in [-0.15, -0.1) is 5.69 Å². The molecule has 27 heavy (non-hydrogen) atoms. The van der Waals surface area contributed by atoms with Crippen molar-refractivity contribution in [2.75, 3.05) is 11.1 Å². The maximum absolute atomic E-state index is 7.59. The van der Waals surface area contributed by atoms with E-state index in [1.165, 1.54) is 11.8 Å². The zero-order chi connectivity index (χ0) is 18.1. The van der Waals surface area contributed by atoms with Gasteiger partial charge in [0.1, 0.15) is 5.82 Å². The average Bonchev–Trinajstić information content (AvgIpc) is 3.01. The van der Waals surface area contributed by atoms with Crippen LogP contribution in [-0.4, -0.2) is 20.2 Å². The third-order valence-electron chi connectivity index (χ3n) is 3.72. The third-order valence-corrected chi connectivity index (χ3v) is 4.59. The van der Waals surface area contributed by atoms with Crippen LogP contribution in [0.25, 0.3) is 16.6 Å². The van der Waals surface area contributed by atoms with Crippen molar-refractivity contribution in [1.82, 2.24) is 20.2 Å². The molecule has 1 radical (unpaired) electrons. The molecule has 0 fully saturated rings. The second-order valence-electron chi connectivity index (χ2n) is 5.82. The molecule has 7 nitrogen and oxygen atoms in total. The van der Waals surface area contributed by atoms with Crippen LogP contribution in [0.5, 0.6) is 0 Å². The molecule has 4 rings (SSSR count). The van der Waals surface area contributed by atoms with Gasteiger partial charge in [0, 0.05) is 71.8 Å². The summed E-state index contributed by atoms with van der Waals surface area (Å²) < 4.78 is 0. The summed E-state index contributed by atoms with van der Waals surface area (Å²) >= 11 is 1.43. The van der Waals surface area contributed by atoms with Crippen LogP contribution >= 0.6 is 11.8 Å². The Balaban J connectivity index is 0.00000210. The Morgan fingerprint density at radius 2 is 1.85 bits per heavy atom. The SMILES string of the molecule is Cc1cc(Nc2nc(Sc3ccc([NH-])cc3)nc3cc(N)ccc23)n[nH]1.[Ac]. The number of nitrogens with two attached hydrogens (primary N) is 1. The van der Waals surface area contributed by atoms with E-state index in [-0.39, 0.29) is 44.1 Å². The number of rotatable bonds is 4. The van der Waals surface area contributed by atoms with Crippen LogP contribution in [0.2, 0.25) is 0 Å². The molecule has 0 aliphatic carbocycles. The normalized spacial score (nSPS) is 10.6. The molecule has 0 saturated heterocycles. The molecule has 0 spiro atoms. The van der Waals surface area contributed by atoms with Gasteiger partial charge in [0.25, 0.3) is 0 Å². The Morgan fingerprint density at radius 1 is 1.07 bits per heavy atom. The van der Waals surface area contributed by atoms with Crippen molar-refractivity contribution < 1.29 is 44.1 Å². The van der Waals surface area contributed by atoms with Gasteiger partial charge in [0.2, 0.25) is 0 Å². The summed E-state index contributed by atoms with van der Waals surface area (Å²) in [4.78, 5) is 10.2. The Bertz CT molecular complexity index is 1080. The second-order valence-corrected chi connectivity index (χ2v) is 6.86. The van der Waals surface area contributed by atoms with Crippen molar-refractivity contribution in [3.8, 4) is 0 Å². The molecular weight excluding hydrogens is 573 g/mol. The van der Waals surface area contributed by atoms with Crippen LogP contribution in [0.15, 0.2) is 58.6 Å². The number of benzene rings is 2. The van der Waals surface area contributed by atoms with Crippen LogP contribution in [0.3, 0.4) is 0 Å². The van der Waals surface area contributed by atoms with Crippen molar-refractivity contribution in [3.63, 3.8) is 0 Å². The number of anilines is 3. The molecule has 5 N–H and O–H groups in total. The van der Waals surface area contributed by atoms with Gasteiger partial charge in [0.05, 0.1) is 5.52 Å². The molecule has 2 heterocycles. The van der Waals surface area contributed by atoms with E-state index in [0.29, 0.717) is 28.2 Å². The molecule has 0 saturated carbocycles. The van der Waals surface area contributed by atoms with Crippen molar-refractivity contribution in [2.45, 2.75) is 17.0 Å². The molecule has 2 aromatic carbocycles. The number of fused-ring (bicyclic) bond motifs is 1. The van der Waals surface area contributed by atoms with Gasteiger partial charge in [0.15, 0.2) is 11.0 Å². The maximum Gasteiger partial charge on any atom is 0.195 e. The Morgan fingerprint density at radius 3 is 2.56 bits per heavy atom. The van der Waals surface area contributed by atoms with Gasteiger partial charge in [-0.3, -0.25) is 5.10 Å². The summed E-state index contributed by atoms with van der Waals surface area (Å²) in [6.45, 7) is 1.94. The molecule has 0 amide bonds. The quantitative estimate of drug-likeness (QED) is 0.232. The van der Waals surface area contributed by atoms with E-state index in [1.807, 2.05) is 43.3 Å². The van der Waals surface area contributed by atoms with Crippen LogP contribution < -0.4 is 11.1 Å². The van der Waals surface area contributed by atoms with Crippen LogP contribution in [0.1, 0.15) is 5.69 Å². The smallest absolute Gasteiger partial charge is 0.195 e. The van der Waals surface area contributed by atoms with Crippen LogP contribution in [0, 0.1) is 51.0 Å². The number of aromatic amines is 1. The first kappa shape index (κ1) is 19.9. The standard InChI is InChI=1S/C18H16N7S.Ac/c1-10-8-16(25-24-10)22-17-14-7-4-12(20)9-15(14)21-18(23-17)26-13-5-2-11(19)3-6-13;/h2-9,19H,20H2,1H3,(H2,21,22,23,24,25);/q-1;. The van der Waals surface area contributed by atoms with Crippen LogP contribution in [-0.2, 0) is 0 Å². The van der Waals surface area contributed by atoms with E-state index in [9.17, 15) is 0 Å². The number of nitrogens with zero attached hydrogens (tertiary/aromatic N) is 3. The minimum Gasteiger partial charge on any atom is -0.699 e. The minimum atomic E-state index is 0. The molecule has 0 bridgehead atoms. The van der Waals surface area contributed by atoms with Gasteiger partial charge in [-0.05, 0) is 49.0 Å². The van der Waals surface area contributed by atoms with Crippen molar-refractivity contribution >= 4 is 45.7 Å². The van der Waals surface area contributed by atoms with E-state index in [4.69, 9.17) is 11.5 Å². The molecule has 133 valence electrons. The first-order valence-corrected chi connectivity index (χ1v) is 8.74. The Hall–Kier alpha value is -1.82. The zero-order valence-corrected chi connectivity index (χ0v) is 20.1. The molecule has 0 atom stereocenters. The maximum atomic E-state index is 7.59. The fourth-order valence-corrected chi connectivity index (χ4v) is 3.26. The Kier molecular flexibility index (Phi) is 6.25. The summed E-state index contributed by atoms with van der Waals surface area (Å²) in [7, 11) is 0. The molecule has 9 heteroatoms. The largest absolute Gasteiger partial charge is 0.699 e. The van der Waals surface area contributed by atoms with E-state index < -0.39 is 0 Å². The fraction of sp³-hybridized carbons (Fsp3) is 0.0556. The monoisotopic (exact) mass is 589 g/mol. The first-order chi connectivity index (χ1) is 12.6. The minimum absolute atomic E-state index is 0. The number of aromatic nitrogens is 4. The van der Waals surface area contributed by atoms with Gasteiger partial charge >= 0.3 is 0 Å². The fourth-order valence-electron chi connectivity index (χ4n) is 2.50. The predicted octanol–water partition coefficient (Wildman–Crippen LogP) is 4.82. The molecule has 0 aliphatic heterocycles. The van der Waals surface area contributed by atoms with E-state index in [0.717, 1.165) is 21.5 Å². The first-order valence-electron chi connectivity index (χ1n) is 7.93. The number of H-pyrrole nitrogens is 1. The summed E-state index contributed by atoms with van der Waals surface area (Å²) in [6, 6.07) is 14.7. The number of hydrogen-bond donors (Lipinski definition) is 3. The van der Waals surface area contributed by atoms with Crippen molar-refractivity contribution in [2.24, 2.45) is 0 Å². The van der Waals surface area contributed by atoms with Gasteiger partial charge in [-0.25, -0.2) is 9.97 Å². The Labute approximate surface area is 196 Å². The number of nitrogens with one attached hydrogen (secondary N) is 3. The predicted molar refractivity (Wildman–Crippen MR) is 105 cm³/mol. The van der Waals surface area contributed by atoms with Gasteiger partial charge < -0.3 is 16.8 Å². The topological polar surface area (TPSA) is 116 Å². The van der Waals surface area contributed by atoms with E-state index in [2.05, 4.69) is 25.5 Å². The summed E-state index contributed by atoms with van der Waals surface area (Å²) in [5, 5.41) is 11.8. The van der Waals surface area contributed by atoms with Crippen molar-refractivity contribution in [3.05, 3.63) is 60.0 Å². The molecule has 4 aromatic rings. The number of hydrogen-bond acceptors (Lipinski definition) is 6. The van der Waals surface area contributed by atoms with Crippen LogP contribution in [0.4, 0.5) is 23.0 Å². The van der Waals surface area contributed by atoms with Gasteiger partial charge in [-0.1, -0.05) is 12.1 Å².